The number of piperidine rings is 1. The Morgan fingerprint density at radius 2 is 1.37 bits per heavy atom. The predicted octanol–water partition coefficient (Wildman–Crippen LogP) is 0.294. The van der Waals surface area contributed by atoms with Crippen molar-refractivity contribution in [2.45, 2.75) is 39.8 Å². The summed E-state index contributed by atoms with van der Waals surface area (Å²) in [4.78, 5) is 36.0. The second-order valence-electron chi connectivity index (χ2n) is 4.61. The van der Waals surface area contributed by atoms with Gasteiger partial charge in [0.25, 0.3) is 0 Å². The number of rotatable bonds is 4. The molecule has 4 atom stereocenters. The van der Waals surface area contributed by atoms with Crippen LogP contribution in [0.4, 0.5) is 0 Å². The lowest BCUT2D eigenvalue weighted by molar-refractivity contribution is -0.161. The van der Waals surface area contributed by atoms with Gasteiger partial charge >= 0.3 is 11.9 Å². The molecular weight excluding hydrogens is 250 g/mol. The van der Waals surface area contributed by atoms with Gasteiger partial charge in [0.1, 0.15) is 11.8 Å². The van der Waals surface area contributed by atoms with E-state index < -0.39 is 29.6 Å². The number of Topliss-reactive ketones (excluding diaryl/α,β-unsaturated/α-hetero) is 1. The van der Waals surface area contributed by atoms with Gasteiger partial charge in [0.15, 0.2) is 5.78 Å². The third-order valence-electron chi connectivity index (χ3n) is 3.22. The molecule has 0 unspecified atom stereocenters. The summed E-state index contributed by atoms with van der Waals surface area (Å²) < 4.78 is 9.79. The molecule has 1 aliphatic heterocycles. The summed E-state index contributed by atoms with van der Waals surface area (Å²) in [6, 6.07) is -0.709. The molecule has 1 heterocycles. The summed E-state index contributed by atoms with van der Waals surface area (Å²) in [7, 11) is 0. The van der Waals surface area contributed by atoms with Crippen molar-refractivity contribution in [1.29, 1.82) is 0 Å². The van der Waals surface area contributed by atoms with Crippen LogP contribution in [0.5, 0.6) is 0 Å². The molecule has 1 rings (SSSR count). The Morgan fingerprint density at radius 3 is 1.68 bits per heavy atom. The number of ketones is 1. The zero-order chi connectivity index (χ0) is 14.6. The minimum absolute atomic E-state index is 0.203. The highest BCUT2D eigenvalue weighted by Gasteiger charge is 2.48. The zero-order valence-corrected chi connectivity index (χ0v) is 11.8. The highest BCUT2D eigenvalue weighted by Crippen LogP contribution is 2.24. The average molecular weight is 271 g/mol. The number of hydrogen-bond donors (Lipinski definition) is 1. The molecule has 0 aromatic heterocycles. The van der Waals surface area contributed by atoms with Crippen LogP contribution in [0.25, 0.3) is 0 Å². The lowest BCUT2D eigenvalue weighted by atomic mass is 9.79. The molecule has 6 heteroatoms. The molecule has 0 saturated carbocycles. The molecule has 0 aromatic rings. The lowest BCUT2D eigenvalue weighted by Crippen LogP contribution is -2.60. The fourth-order valence-electron chi connectivity index (χ4n) is 2.40. The molecule has 108 valence electrons. The van der Waals surface area contributed by atoms with Crippen LogP contribution >= 0.6 is 0 Å². The van der Waals surface area contributed by atoms with Crippen molar-refractivity contribution < 1.29 is 23.9 Å². The fraction of sp³-hybridized carbons (Fsp3) is 0.769. The third-order valence-corrected chi connectivity index (χ3v) is 3.22. The largest absolute Gasteiger partial charge is 0.465 e. The Labute approximate surface area is 112 Å². The molecule has 0 spiro atoms. The summed E-state index contributed by atoms with van der Waals surface area (Å²) in [5.41, 5.74) is 0. The Hall–Kier alpha value is -1.43. The maximum absolute atomic E-state index is 12.3. The Balaban J connectivity index is 2.92. The van der Waals surface area contributed by atoms with E-state index in [9.17, 15) is 14.4 Å². The van der Waals surface area contributed by atoms with E-state index in [2.05, 4.69) is 5.32 Å². The monoisotopic (exact) mass is 271 g/mol. The van der Waals surface area contributed by atoms with E-state index in [0.717, 1.165) is 0 Å². The van der Waals surface area contributed by atoms with Crippen LogP contribution in [-0.2, 0) is 23.9 Å². The van der Waals surface area contributed by atoms with E-state index in [1.54, 1.807) is 27.7 Å². The van der Waals surface area contributed by atoms with Crippen molar-refractivity contribution in [2.75, 3.05) is 13.2 Å². The molecule has 1 aliphatic rings. The number of carbonyl (C=O) groups is 3. The quantitative estimate of drug-likeness (QED) is 0.585. The van der Waals surface area contributed by atoms with Gasteiger partial charge in [-0.1, -0.05) is 0 Å². The summed E-state index contributed by atoms with van der Waals surface area (Å²) in [6.45, 7) is 7.22. The fourth-order valence-corrected chi connectivity index (χ4v) is 2.40. The van der Waals surface area contributed by atoms with E-state index in [-0.39, 0.29) is 25.3 Å². The van der Waals surface area contributed by atoms with Crippen LogP contribution in [0.15, 0.2) is 0 Å². The lowest BCUT2D eigenvalue weighted by Gasteiger charge is -2.36. The van der Waals surface area contributed by atoms with Crippen LogP contribution < -0.4 is 5.32 Å². The van der Waals surface area contributed by atoms with Crippen LogP contribution in [0.2, 0.25) is 0 Å². The number of carbonyl (C=O) groups excluding carboxylic acids is 3. The Kier molecular flexibility index (Phi) is 5.47. The molecule has 0 radical (unpaired) electrons. The smallest absolute Gasteiger partial charge is 0.318 e. The highest BCUT2D eigenvalue weighted by molar-refractivity contribution is 6.10. The van der Waals surface area contributed by atoms with Gasteiger partial charge in [0.05, 0.1) is 13.2 Å². The van der Waals surface area contributed by atoms with E-state index in [1.165, 1.54) is 0 Å². The van der Waals surface area contributed by atoms with E-state index >= 15 is 0 Å². The first-order valence-corrected chi connectivity index (χ1v) is 6.57. The van der Waals surface area contributed by atoms with Gasteiger partial charge in [-0.25, -0.2) is 0 Å². The van der Waals surface area contributed by atoms with Crippen molar-refractivity contribution in [3.05, 3.63) is 0 Å². The minimum atomic E-state index is -0.953. The third kappa shape index (κ3) is 3.32. The maximum Gasteiger partial charge on any atom is 0.318 e. The number of esters is 2. The van der Waals surface area contributed by atoms with E-state index in [4.69, 9.17) is 9.47 Å². The van der Waals surface area contributed by atoms with Crippen molar-refractivity contribution in [3.8, 4) is 0 Å². The van der Waals surface area contributed by atoms with Crippen molar-refractivity contribution in [2.24, 2.45) is 11.8 Å². The van der Waals surface area contributed by atoms with E-state index in [0.29, 0.717) is 0 Å². The van der Waals surface area contributed by atoms with Crippen LogP contribution in [0.1, 0.15) is 27.7 Å². The molecule has 1 N–H and O–H groups in total. The SMILES string of the molecule is CCOC(=O)[C@@H]1C(=O)[C@@H](C(=O)OCC)[C@@H](C)N[C@@H]1C. The van der Waals surface area contributed by atoms with Gasteiger partial charge in [0, 0.05) is 12.1 Å². The summed E-state index contributed by atoms with van der Waals surface area (Å²) in [5.74, 6) is -3.51. The molecule has 1 saturated heterocycles. The Morgan fingerprint density at radius 1 is 1.00 bits per heavy atom. The normalized spacial score (nSPS) is 30.8. The van der Waals surface area contributed by atoms with Crippen molar-refractivity contribution >= 4 is 17.7 Å². The highest BCUT2D eigenvalue weighted by atomic mass is 16.5. The van der Waals surface area contributed by atoms with Gasteiger partial charge in [-0.2, -0.15) is 0 Å². The second kappa shape index (κ2) is 6.65. The average Bonchev–Trinajstić information content (AvgIpc) is 2.28. The molecule has 0 bridgehead atoms. The number of hydrogen-bond acceptors (Lipinski definition) is 6. The molecule has 0 amide bonds. The first-order valence-electron chi connectivity index (χ1n) is 6.57. The van der Waals surface area contributed by atoms with Crippen molar-refractivity contribution in [3.63, 3.8) is 0 Å². The summed E-state index contributed by atoms with van der Waals surface area (Å²) in [6.07, 6.45) is 0. The summed E-state index contributed by atoms with van der Waals surface area (Å²) in [5, 5.41) is 3.07. The first-order chi connectivity index (χ1) is 8.93. The molecular formula is C13H21NO5. The maximum atomic E-state index is 12.3. The molecule has 0 aliphatic carbocycles. The topological polar surface area (TPSA) is 81.7 Å². The van der Waals surface area contributed by atoms with Crippen LogP contribution in [0, 0.1) is 11.8 Å². The number of ether oxygens (including phenoxy) is 2. The minimum Gasteiger partial charge on any atom is -0.465 e. The van der Waals surface area contributed by atoms with E-state index in [1.807, 2.05) is 0 Å². The molecule has 6 nitrogen and oxygen atoms in total. The second-order valence-corrected chi connectivity index (χ2v) is 4.61. The van der Waals surface area contributed by atoms with Gasteiger partial charge in [-0.3, -0.25) is 14.4 Å². The van der Waals surface area contributed by atoms with Crippen LogP contribution in [0.3, 0.4) is 0 Å². The van der Waals surface area contributed by atoms with Gasteiger partial charge < -0.3 is 14.8 Å². The van der Waals surface area contributed by atoms with Gasteiger partial charge in [-0.15, -0.1) is 0 Å². The van der Waals surface area contributed by atoms with Gasteiger partial charge in [0.2, 0.25) is 0 Å². The Bertz CT molecular complexity index is 336. The predicted molar refractivity (Wildman–Crippen MR) is 67.3 cm³/mol. The number of nitrogens with one attached hydrogen (secondary N) is 1. The first kappa shape index (κ1) is 15.6. The van der Waals surface area contributed by atoms with Gasteiger partial charge in [-0.05, 0) is 27.7 Å². The molecule has 0 aromatic carbocycles. The molecule has 19 heavy (non-hydrogen) atoms. The van der Waals surface area contributed by atoms with Crippen molar-refractivity contribution in [1.82, 2.24) is 5.32 Å². The zero-order valence-electron chi connectivity index (χ0n) is 11.8. The van der Waals surface area contributed by atoms with Crippen LogP contribution in [-0.4, -0.2) is 43.0 Å². The molecule has 1 fully saturated rings. The standard InChI is InChI=1S/C13H21NO5/c1-5-18-12(16)9-7(3)14-8(4)10(11(9)15)13(17)19-6-2/h7-10,14H,5-6H2,1-4H3/t7-,8-,9+,10+/m1/s1. The summed E-state index contributed by atoms with van der Waals surface area (Å²) >= 11 is 0.